The van der Waals surface area contributed by atoms with E-state index in [1.54, 1.807) is 55.3 Å². The number of aromatic nitrogens is 3. The molecule has 2 aromatic carbocycles. The van der Waals surface area contributed by atoms with Crippen molar-refractivity contribution in [2.45, 2.75) is 0 Å². The number of nitrogens with one attached hydrogen (secondary N) is 2. The van der Waals surface area contributed by atoms with Gasteiger partial charge in [-0.05, 0) is 48.5 Å². The molecule has 0 bridgehead atoms. The molecule has 0 aliphatic carbocycles. The minimum absolute atomic E-state index is 0. The van der Waals surface area contributed by atoms with Crippen LogP contribution in [0.1, 0.15) is 20.8 Å². The minimum atomic E-state index is -0.375. The van der Waals surface area contributed by atoms with Crippen molar-refractivity contribution >= 4 is 35.6 Å². The Morgan fingerprint density at radius 1 is 0.946 bits per heavy atom. The van der Waals surface area contributed by atoms with E-state index in [9.17, 15) is 9.59 Å². The Bertz CT molecular complexity index is 1420. The van der Waals surface area contributed by atoms with Crippen LogP contribution in [0.2, 0.25) is 0 Å². The second-order valence-corrected chi connectivity index (χ2v) is 8.27. The first-order valence-electron chi connectivity index (χ1n) is 11.6. The Kier molecular flexibility index (Phi) is 7.90. The molecule has 2 amide bonds. The summed E-state index contributed by atoms with van der Waals surface area (Å²) < 4.78 is 12.4. The van der Waals surface area contributed by atoms with Gasteiger partial charge in [0.15, 0.2) is 22.8 Å². The van der Waals surface area contributed by atoms with Gasteiger partial charge in [0.05, 0.1) is 19.9 Å². The first-order valence-corrected chi connectivity index (χ1v) is 11.6. The first-order chi connectivity index (χ1) is 17.6. The second-order valence-electron chi connectivity index (χ2n) is 8.27. The third-order valence-corrected chi connectivity index (χ3v) is 6.06. The van der Waals surface area contributed by atoms with E-state index in [0.29, 0.717) is 41.5 Å². The number of halogens is 1. The topological polar surface area (TPSA) is 110 Å². The van der Waals surface area contributed by atoms with Crippen LogP contribution in [-0.2, 0) is 0 Å². The van der Waals surface area contributed by atoms with Crippen molar-refractivity contribution in [2.75, 3.05) is 45.7 Å². The Hall–Kier alpha value is -4.15. The molecule has 2 aromatic heterocycles. The zero-order valence-corrected chi connectivity index (χ0v) is 21.2. The largest absolute Gasteiger partial charge is 0.493 e. The van der Waals surface area contributed by atoms with Crippen molar-refractivity contribution in [3.05, 3.63) is 72.1 Å². The number of ether oxygens (including phenoxy) is 2. The van der Waals surface area contributed by atoms with Gasteiger partial charge >= 0.3 is 0 Å². The van der Waals surface area contributed by atoms with Crippen LogP contribution in [0.25, 0.3) is 16.9 Å². The standard InChI is InChI=1S/C26H26N6O4.ClH/c1-35-22-8-5-18(15-23(22)36-2)21-9-10-28-24-16-20(30-32(21)24)25(33)29-19-6-3-17(4-7-19)26(34)31-13-11-27-12-14-31;/h3-10,15-16,27H,11-14H2,1-2H3,(H,29,33);1H. The predicted octanol–water partition coefficient (Wildman–Crippen LogP) is 3.13. The third kappa shape index (κ3) is 5.35. The molecule has 0 atom stereocenters. The van der Waals surface area contributed by atoms with Gasteiger partial charge in [0, 0.05) is 55.3 Å². The van der Waals surface area contributed by atoms with Gasteiger partial charge in [0.2, 0.25) is 0 Å². The highest BCUT2D eigenvalue weighted by Gasteiger charge is 2.19. The van der Waals surface area contributed by atoms with Crippen LogP contribution in [0.5, 0.6) is 11.5 Å². The van der Waals surface area contributed by atoms with Gasteiger partial charge in [-0.25, -0.2) is 9.50 Å². The van der Waals surface area contributed by atoms with Crippen LogP contribution < -0.4 is 20.1 Å². The lowest BCUT2D eigenvalue weighted by Gasteiger charge is -2.27. The van der Waals surface area contributed by atoms with Crippen LogP contribution in [0.3, 0.4) is 0 Å². The Morgan fingerprint density at radius 2 is 1.68 bits per heavy atom. The van der Waals surface area contributed by atoms with Crippen LogP contribution >= 0.6 is 12.4 Å². The van der Waals surface area contributed by atoms with Crippen molar-refractivity contribution < 1.29 is 19.1 Å². The quantitative estimate of drug-likeness (QED) is 0.400. The summed E-state index contributed by atoms with van der Waals surface area (Å²) in [7, 11) is 3.16. The molecule has 5 rings (SSSR count). The molecule has 1 aliphatic rings. The van der Waals surface area contributed by atoms with E-state index in [-0.39, 0.29) is 29.9 Å². The summed E-state index contributed by atoms with van der Waals surface area (Å²) in [5.74, 6) is 0.820. The molecule has 0 saturated carbocycles. The molecule has 37 heavy (non-hydrogen) atoms. The number of anilines is 1. The average molecular weight is 523 g/mol. The number of hydrogen-bond donors (Lipinski definition) is 2. The van der Waals surface area contributed by atoms with Crippen molar-refractivity contribution in [1.82, 2.24) is 24.8 Å². The molecule has 3 heterocycles. The smallest absolute Gasteiger partial charge is 0.276 e. The Labute approximate surface area is 220 Å². The summed E-state index contributed by atoms with van der Waals surface area (Å²) >= 11 is 0. The van der Waals surface area contributed by atoms with Gasteiger partial charge < -0.3 is 25.0 Å². The van der Waals surface area contributed by atoms with E-state index in [4.69, 9.17) is 9.47 Å². The van der Waals surface area contributed by atoms with E-state index in [2.05, 4.69) is 20.7 Å². The maximum absolute atomic E-state index is 12.9. The van der Waals surface area contributed by atoms with Crippen LogP contribution in [0.4, 0.5) is 5.69 Å². The van der Waals surface area contributed by atoms with Crippen molar-refractivity contribution in [3.8, 4) is 22.8 Å². The van der Waals surface area contributed by atoms with E-state index in [0.717, 1.165) is 24.3 Å². The average Bonchev–Trinajstić information content (AvgIpc) is 3.38. The summed E-state index contributed by atoms with van der Waals surface area (Å²) in [5.41, 5.74) is 3.49. The third-order valence-electron chi connectivity index (χ3n) is 6.06. The lowest BCUT2D eigenvalue weighted by Crippen LogP contribution is -2.46. The van der Waals surface area contributed by atoms with E-state index < -0.39 is 0 Å². The van der Waals surface area contributed by atoms with Crippen LogP contribution in [0.15, 0.2) is 60.8 Å². The summed E-state index contributed by atoms with van der Waals surface area (Å²) in [5, 5.41) is 10.6. The Balaban J connectivity index is 0.00000320. The van der Waals surface area contributed by atoms with E-state index in [1.165, 1.54) is 0 Å². The molecule has 1 fully saturated rings. The molecule has 0 unspecified atom stereocenters. The maximum Gasteiger partial charge on any atom is 0.276 e. The molecule has 10 nitrogen and oxygen atoms in total. The lowest BCUT2D eigenvalue weighted by molar-refractivity contribution is 0.0735. The molecular formula is C26H27ClN6O4. The first kappa shape index (κ1) is 25.9. The summed E-state index contributed by atoms with van der Waals surface area (Å²) in [6, 6.07) is 15.9. The predicted molar refractivity (Wildman–Crippen MR) is 142 cm³/mol. The number of methoxy groups -OCH3 is 2. The van der Waals surface area contributed by atoms with Crippen LogP contribution in [0, 0.1) is 0 Å². The van der Waals surface area contributed by atoms with Crippen molar-refractivity contribution in [1.29, 1.82) is 0 Å². The number of amides is 2. The molecule has 11 heteroatoms. The number of benzene rings is 2. The normalized spacial score (nSPS) is 13.1. The summed E-state index contributed by atoms with van der Waals surface area (Å²) in [6.45, 7) is 2.96. The molecule has 192 valence electrons. The van der Waals surface area contributed by atoms with Gasteiger partial charge in [-0.15, -0.1) is 12.4 Å². The molecule has 0 radical (unpaired) electrons. The number of carbonyl (C=O) groups excluding carboxylic acids is 2. The number of carbonyl (C=O) groups is 2. The SMILES string of the molecule is COc1ccc(-c2ccnc3cc(C(=O)Nc4ccc(C(=O)N5CCNCC5)cc4)nn23)cc1OC.Cl. The molecular weight excluding hydrogens is 496 g/mol. The van der Waals surface area contributed by atoms with Crippen LogP contribution in [-0.4, -0.2) is 71.7 Å². The minimum Gasteiger partial charge on any atom is -0.493 e. The van der Waals surface area contributed by atoms with Gasteiger partial charge in [-0.2, -0.15) is 5.10 Å². The number of fused-ring (bicyclic) bond motifs is 1. The van der Waals surface area contributed by atoms with Crippen molar-refractivity contribution in [2.24, 2.45) is 0 Å². The number of piperazine rings is 1. The van der Waals surface area contributed by atoms with E-state index in [1.807, 2.05) is 29.2 Å². The van der Waals surface area contributed by atoms with Gasteiger partial charge in [-0.1, -0.05) is 0 Å². The number of rotatable bonds is 6. The number of nitrogens with zero attached hydrogens (tertiary/aromatic N) is 4. The molecule has 4 aromatic rings. The molecule has 1 aliphatic heterocycles. The van der Waals surface area contributed by atoms with Gasteiger partial charge in [0.25, 0.3) is 11.8 Å². The Morgan fingerprint density at radius 3 is 2.38 bits per heavy atom. The van der Waals surface area contributed by atoms with E-state index >= 15 is 0 Å². The fourth-order valence-electron chi connectivity index (χ4n) is 4.16. The zero-order valence-electron chi connectivity index (χ0n) is 20.4. The highest BCUT2D eigenvalue weighted by molar-refractivity contribution is 6.04. The fourth-order valence-corrected chi connectivity index (χ4v) is 4.16. The lowest BCUT2D eigenvalue weighted by atomic mass is 10.1. The zero-order chi connectivity index (χ0) is 25.1. The van der Waals surface area contributed by atoms with Crippen molar-refractivity contribution in [3.63, 3.8) is 0 Å². The monoisotopic (exact) mass is 522 g/mol. The molecule has 2 N–H and O–H groups in total. The fraction of sp³-hybridized carbons (Fsp3) is 0.231. The highest BCUT2D eigenvalue weighted by atomic mass is 35.5. The second kappa shape index (κ2) is 11.3. The van der Waals surface area contributed by atoms with Gasteiger partial charge in [-0.3, -0.25) is 9.59 Å². The summed E-state index contributed by atoms with van der Waals surface area (Å²) in [4.78, 5) is 31.8. The molecule has 0 spiro atoms. The van der Waals surface area contributed by atoms with Gasteiger partial charge in [0.1, 0.15) is 0 Å². The summed E-state index contributed by atoms with van der Waals surface area (Å²) in [6.07, 6.45) is 1.67. The maximum atomic E-state index is 12.9. The highest BCUT2D eigenvalue weighted by Crippen LogP contribution is 2.32. The number of hydrogen-bond acceptors (Lipinski definition) is 7. The molecule has 1 saturated heterocycles.